The SMILES string of the molecule is CCOc1ccccc1NC(=O)Nc1cc(-n2nc(C)cc2C)ncn1. The lowest BCUT2D eigenvalue weighted by atomic mass is 10.3. The van der Waals surface area contributed by atoms with E-state index >= 15 is 0 Å². The number of nitrogens with zero attached hydrogens (tertiary/aromatic N) is 4. The van der Waals surface area contributed by atoms with Gasteiger partial charge in [0.1, 0.15) is 17.9 Å². The van der Waals surface area contributed by atoms with E-state index in [2.05, 4.69) is 25.7 Å². The second-order valence-corrected chi connectivity index (χ2v) is 5.61. The molecule has 0 aliphatic carbocycles. The van der Waals surface area contributed by atoms with Gasteiger partial charge in [0.05, 0.1) is 18.0 Å². The molecular formula is C18H20N6O2. The third-order valence-corrected chi connectivity index (χ3v) is 3.56. The Morgan fingerprint density at radius 3 is 2.69 bits per heavy atom. The van der Waals surface area contributed by atoms with E-state index in [-0.39, 0.29) is 0 Å². The molecule has 8 nitrogen and oxygen atoms in total. The zero-order chi connectivity index (χ0) is 18.5. The van der Waals surface area contributed by atoms with Crippen LogP contribution in [-0.4, -0.2) is 32.4 Å². The number of benzene rings is 1. The number of para-hydroxylation sites is 2. The van der Waals surface area contributed by atoms with Crippen molar-refractivity contribution >= 4 is 17.5 Å². The molecule has 2 amide bonds. The van der Waals surface area contributed by atoms with Crippen molar-refractivity contribution in [3.8, 4) is 11.6 Å². The van der Waals surface area contributed by atoms with Crippen LogP contribution in [0.1, 0.15) is 18.3 Å². The Kier molecular flexibility index (Phi) is 5.12. The standard InChI is InChI=1S/C18H20N6O2/c1-4-26-15-8-6-5-7-14(15)21-18(25)22-16-10-17(20-11-19-16)24-13(3)9-12(2)23-24/h5-11H,4H2,1-3H3,(H2,19,20,21,22,25). The largest absolute Gasteiger partial charge is 0.492 e. The van der Waals surface area contributed by atoms with Crippen molar-refractivity contribution in [1.29, 1.82) is 0 Å². The van der Waals surface area contributed by atoms with Gasteiger partial charge in [-0.2, -0.15) is 5.10 Å². The van der Waals surface area contributed by atoms with Gasteiger partial charge < -0.3 is 10.1 Å². The predicted octanol–water partition coefficient (Wildman–Crippen LogP) is 3.32. The monoisotopic (exact) mass is 352 g/mol. The van der Waals surface area contributed by atoms with Gasteiger partial charge in [-0.25, -0.2) is 19.4 Å². The Hall–Kier alpha value is -3.42. The molecule has 2 N–H and O–H groups in total. The van der Waals surface area contributed by atoms with Crippen LogP contribution in [0.3, 0.4) is 0 Å². The molecule has 1 aromatic carbocycles. The fourth-order valence-electron chi connectivity index (χ4n) is 2.51. The van der Waals surface area contributed by atoms with Crippen LogP contribution in [0.5, 0.6) is 5.75 Å². The van der Waals surface area contributed by atoms with Gasteiger partial charge in [-0.1, -0.05) is 12.1 Å². The van der Waals surface area contributed by atoms with Crippen molar-refractivity contribution in [2.24, 2.45) is 0 Å². The molecule has 0 radical (unpaired) electrons. The number of hydrogen-bond donors (Lipinski definition) is 2. The molecule has 2 aromatic heterocycles. The van der Waals surface area contributed by atoms with Gasteiger partial charge in [-0.3, -0.25) is 5.32 Å². The number of hydrogen-bond acceptors (Lipinski definition) is 5. The Labute approximate surface area is 151 Å². The predicted molar refractivity (Wildman–Crippen MR) is 98.9 cm³/mol. The first-order chi connectivity index (χ1) is 12.6. The van der Waals surface area contributed by atoms with Crippen molar-refractivity contribution in [3.63, 3.8) is 0 Å². The summed E-state index contributed by atoms with van der Waals surface area (Å²) >= 11 is 0. The smallest absolute Gasteiger partial charge is 0.324 e. The molecule has 26 heavy (non-hydrogen) atoms. The number of amides is 2. The number of carbonyl (C=O) groups excluding carboxylic acids is 1. The minimum atomic E-state index is -0.421. The molecule has 0 unspecified atom stereocenters. The van der Waals surface area contributed by atoms with E-state index in [1.165, 1.54) is 6.33 Å². The third kappa shape index (κ3) is 3.97. The van der Waals surface area contributed by atoms with Crippen LogP contribution in [-0.2, 0) is 0 Å². The molecule has 3 aromatic rings. The topological polar surface area (TPSA) is 94.0 Å². The van der Waals surface area contributed by atoms with Gasteiger partial charge >= 0.3 is 6.03 Å². The maximum absolute atomic E-state index is 12.3. The van der Waals surface area contributed by atoms with Crippen LogP contribution < -0.4 is 15.4 Å². The molecule has 0 saturated heterocycles. The first-order valence-corrected chi connectivity index (χ1v) is 8.22. The van der Waals surface area contributed by atoms with E-state index in [9.17, 15) is 4.79 Å². The van der Waals surface area contributed by atoms with Gasteiger partial charge in [-0.15, -0.1) is 0 Å². The van der Waals surface area contributed by atoms with E-state index in [4.69, 9.17) is 4.74 Å². The molecule has 2 heterocycles. The van der Waals surface area contributed by atoms with Crippen LogP contribution in [0.25, 0.3) is 5.82 Å². The van der Waals surface area contributed by atoms with Crippen LogP contribution in [0, 0.1) is 13.8 Å². The van der Waals surface area contributed by atoms with Gasteiger partial charge in [0.15, 0.2) is 5.82 Å². The lowest BCUT2D eigenvalue weighted by Crippen LogP contribution is -2.21. The van der Waals surface area contributed by atoms with Crippen molar-refractivity contribution in [3.05, 3.63) is 54.1 Å². The number of urea groups is 1. The first-order valence-electron chi connectivity index (χ1n) is 8.22. The number of aryl methyl sites for hydroxylation is 2. The molecular weight excluding hydrogens is 332 g/mol. The highest BCUT2D eigenvalue weighted by Gasteiger charge is 2.10. The molecule has 0 spiro atoms. The second-order valence-electron chi connectivity index (χ2n) is 5.61. The fourth-order valence-corrected chi connectivity index (χ4v) is 2.51. The quantitative estimate of drug-likeness (QED) is 0.734. The van der Waals surface area contributed by atoms with Crippen molar-refractivity contribution in [1.82, 2.24) is 19.7 Å². The van der Waals surface area contributed by atoms with Gasteiger partial charge in [0.25, 0.3) is 0 Å². The number of nitrogens with one attached hydrogen (secondary N) is 2. The zero-order valence-corrected chi connectivity index (χ0v) is 14.9. The summed E-state index contributed by atoms with van der Waals surface area (Å²) in [5.41, 5.74) is 2.42. The minimum absolute atomic E-state index is 0.369. The Bertz CT molecular complexity index is 922. The maximum Gasteiger partial charge on any atom is 0.324 e. The molecule has 0 bridgehead atoms. The average Bonchev–Trinajstić information content (AvgIpc) is 2.95. The van der Waals surface area contributed by atoms with Gasteiger partial charge in [-0.05, 0) is 39.0 Å². The number of anilines is 2. The Balaban J connectivity index is 1.74. The second kappa shape index (κ2) is 7.64. The van der Waals surface area contributed by atoms with Gasteiger partial charge in [0.2, 0.25) is 0 Å². The summed E-state index contributed by atoms with van der Waals surface area (Å²) in [4.78, 5) is 20.6. The summed E-state index contributed by atoms with van der Waals surface area (Å²) in [5, 5.41) is 9.84. The highest BCUT2D eigenvalue weighted by Crippen LogP contribution is 2.23. The van der Waals surface area contributed by atoms with E-state index in [1.807, 2.05) is 39.0 Å². The lowest BCUT2D eigenvalue weighted by molar-refractivity contribution is 0.262. The van der Waals surface area contributed by atoms with E-state index in [0.717, 1.165) is 11.4 Å². The molecule has 0 fully saturated rings. The third-order valence-electron chi connectivity index (χ3n) is 3.56. The fraction of sp³-hybridized carbons (Fsp3) is 0.222. The highest BCUT2D eigenvalue weighted by atomic mass is 16.5. The van der Waals surface area contributed by atoms with Crippen LogP contribution >= 0.6 is 0 Å². The molecule has 0 aliphatic rings. The molecule has 0 atom stereocenters. The first kappa shape index (κ1) is 17.4. The highest BCUT2D eigenvalue weighted by molar-refractivity contribution is 6.00. The zero-order valence-electron chi connectivity index (χ0n) is 14.9. The number of aromatic nitrogens is 4. The van der Waals surface area contributed by atoms with Crippen molar-refractivity contribution in [2.75, 3.05) is 17.2 Å². The number of rotatable bonds is 5. The van der Waals surface area contributed by atoms with Crippen LogP contribution in [0.15, 0.2) is 42.7 Å². The molecule has 0 saturated carbocycles. The summed E-state index contributed by atoms with van der Waals surface area (Å²) in [5.74, 6) is 1.56. The van der Waals surface area contributed by atoms with Crippen LogP contribution in [0.4, 0.5) is 16.3 Å². The van der Waals surface area contributed by atoms with Crippen LogP contribution in [0.2, 0.25) is 0 Å². The summed E-state index contributed by atoms with van der Waals surface area (Å²) in [6, 6.07) is 10.4. The summed E-state index contributed by atoms with van der Waals surface area (Å²) in [6.45, 7) is 6.25. The molecule has 0 aliphatic heterocycles. The van der Waals surface area contributed by atoms with E-state index in [1.54, 1.807) is 22.9 Å². The van der Waals surface area contributed by atoms with E-state index < -0.39 is 6.03 Å². The maximum atomic E-state index is 12.3. The lowest BCUT2D eigenvalue weighted by Gasteiger charge is -2.12. The molecule has 8 heteroatoms. The van der Waals surface area contributed by atoms with Gasteiger partial charge in [0, 0.05) is 11.8 Å². The summed E-state index contributed by atoms with van der Waals surface area (Å²) in [7, 11) is 0. The molecule has 134 valence electrons. The van der Waals surface area contributed by atoms with Crippen molar-refractivity contribution < 1.29 is 9.53 Å². The summed E-state index contributed by atoms with van der Waals surface area (Å²) in [6.07, 6.45) is 1.38. The normalized spacial score (nSPS) is 10.4. The molecule has 3 rings (SSSR count). The number of ether oxygens (including phenoxy) is 1. The number of carbonyl (C=O) groups is 1. The minimum Gasteiger partial charge on any atom is -0.492 e. The van der Waals surface area contributed by atoms with Crippen molar-refractivity contribution in [2.45, 2.75) is 20.8 Å². The average molecular weight is 352 g/mol. The Morgan fingerprint density at radius 2 is 1.96 bits per heavy atom. The summed E-state index contributed by atoms with van der Waals surface area (Å²) < 4.78 is 7.20. The Morgan fingerprint density at radius 1 is 1.15 bits per heavy atom. The van der Waals surface area contributed by atoms with E-state index in [0.29, 0.717) is 29.7 Å².